The molecule has 2 aromatic rings. The van der Waals surface area contributed by atoms with Crippen molar-refractivity contribution in [1.82, 2.24) is 5.32 Å². The Morgan fingerprint density at radius 2 is 2.00 bits per heavy atom. The second-order valence-electron chi connectivity index (χ2n) is 4.59. The van der Waals surface area contributed by atoms with Crippen LogP contribution in [0.5, 0.6) is 0 Å². The minimum absolute atomic E-state index is 0.190. The summed E-state index contributed by atoms with van der Waals surface area (Å²) in [5.74, 6) is -0.289. The van der Waals surface area contributed by atoms with Crippen LogP contribution >= 0.6 is 22.9 Å². The summed E-state index contributed by atoms with van der Waals surface area (Å²) in [4.78, 5) is 0. The Hall–Kier alpha value is -0.920. The fraction of sp³-hybridized carbons (Fsp3) is 0.286. The van der Waals surface area contributed by atoms with Gasteiger partial charge in [-0.25, -0.2) is 8.42 Å². The molecule has 114 valence electrons. The number of sulfone groups is 1. The number of hydrogen-bond acceptors (Lipinski definition) is 5. The van der Waals surface area contributed by atoms with Crippen LogP contribution in [-0.2, 0) is 16.4 Å². The molecule has 0 saturated heterocycles. The third-order valence-corrected chi connectivity index (χ3v) is 6.52. The molecule has 2 rings (SSSR count). The van der Waals surface area contributed by atoms with Crippen LogP contribution in [0.15, 0.2) is 46.0 Å². The fourth-order valence-electron chi connectivity index (χ4n) is 1.85. The van der Waals surface area contributed by atoms with Crippen LogP contribution in [0.2, 0.25) is 5.02 Å². The normalized spacial score (nSPS) is 13.2. The molecule has 0 bridgehead atoms. The largest absolute Gasteiger partial charge is 0.391 e. The lowest BCUT2D eigenvalue weighted by atomic mass is 10.2. The monoisotopic (exact) mass is 345 g/mol. The molecule has 21 heavy (non-hydrogen) atoms. The van der Waals surface area contributed by atoms with Crippen LogP contribution in [0.3, 0.4) is 0 Å². The van der Waals surface area contributed by atoms with Crippen molar-refractivity contribution in [3.63, 3.8) is 0 Å². The summed E-state index contributed by atoms with van der Waals surface area (Å²) in [6, 6.07) is 10.6. The SMILES string of the molecule is O=S(=O)(CC(O)CNCc1ccccc1Cl)c1cccs1. The highest BCUT2D eigenvalue weighted by molar-refractivity contribution is 7.93. The van der Waals surface area contributed by atoms with Crippen molar-refractivity contribution in [3.8, 4) is 0 Å². The predicted molar refractivity (Wildman–Crippen MR) is 85.5 cm³/mol. The van der Waals surface area contributed by atoms with Crippen molar-refractivity contribution in [2.75, 3.05) is 12.3 Å². The molecule has 1 aromatic heterocycles. The van der Waals surface area contributed by atoms with Crippen molar-refractivity contribution in [2.24, 2.45) is 0 Å². The highest BCUT2D eigenvalue weighted by Gasteiger charge is 2.20. The van der Waals surface area contributed by atoms with Crippen LogP contribution in [0.1, 0.15) is 5.56 Å². The van der Waals surface area contributed by atoms with Gasteiger partial charge in [-0.05, 0) is 23.1 Å². The number of benzene rings is 1. The lowest BCUT2D eigenvalue weighted by Gasteiger charge is -2.12. The van der Waals surface area contributed by atoms with Gasteiger partial charge in [0.2, 0.25) is 0 Å². The smallest absolute Gasteiger partial charge is 0.190 e. The number of aliphatic hydroxyl groups excluding tert-OH is 1. The zero-order valence-electron chi connectivity index (χ0n) is 11.2. The Kier molecular flexibility index (Phi) is 5.78. The van der Waals surface area contributed by atoms with Crippen LogP contribution in [-0.4, -0.2) is 31.9 Å². The summed E-state index contributed by atoms with van der Waals surface area (Å²) in [6.07, 6.45) is -0.959. The molecule has 0 saturated carbocycles. The summed E-state index contributed by atoms with van der Waals surface area (Å²) in [6.45, 7) is 0.672. The van der Waals surface area contributed by atoms with Crippen LogP contribution in [0.4, 0.5) is 0 Å². The summed E-state index contributed by atoms with van der Waals surface area (Å²) in [5, 5.41) is 15.2. The van der Waals surface area contributed by atoms with Gasteiger partial charge in [-0.2, -0.15) is 0 Å². The van der Waals surface area contributed by atoms with E-state index in [-0.39, 0.29) is 16.5 Å². The van der Waals surface area contributed by atoms with Crippen LogP contribution in [0, 0.1) is 0 Å². The van der Waals surface area contributed by atoms with Gasteiger partial charge in [-0.3, -0.25) is 0 Å². The van der Waals surface area contributed by atoms with Crippen LogP contribution in [0.25, 0.3) is 0 Å². The number of rotatable bonds is 7. The van der Waals surface area contributed by atoms with Crippen molar-refractivity contribution < 1.29 is 13.5 Å². The highest BCUT2D eigenvalue weighted by Crippen LogP contribution is 2.18. The molecular weight excluding hydrogens is 330 g/mol. The van der Waals surface area contributed by atoms with Crippen molar-refractivity contribution >= 4 is 32.8 Å². The first-order chi connectivity index (χ1) is 9.99. The standard InChI is InChI=1S/C14H16ClNO3S2/c15-13-5-2-1-4-11(13)8-16-9-12(17)10-21(18,19)14-6-3-7-20-14/h1-7,12,16-17H,8-10H2. The molecule has 1 heterocycles. The molecule has 0 aliphatic heterocycles. The van der Waals surface area contributed by atoms with Gasteiger partial charge in [0, 0.05) is 18.1 Å². The fourth-order valence-corrected chi connectivity index (χ4v) is 4.53. The first-order valence-electron chi connectivity index (χ1n) is 6.37. The number of halogens is 1. The lowest BCUT2D eigenvalue weighted by Crippen LogP contribution is -2.32. The summed E-state index contributed by atoms with van der Waals surface area (Å²) >= 11 is 7.17. The summed E-state index contributed by atoms with van der Waals surface area (Å²) in [7, 11) is -3.42. The van der Waals surface area contributed by atoms with E-state index < -0.39 is 15.9 Å². The van der Waals surface area contributed by atoms with Gasteiger partial charge >= 0.3 is 0 Å². The quantitative estimate of drug-likeness (QED) is 0.808. The maximum Gasteiger partial charge on any atom is 0.190 e. The molecule has 0 spiro atoms. The molecule has 0 aliphatic carbocycles. The van der Waals surface area contributed by atoms with Crippen molar-refractivity contribution in [3.05, 3.63) is 52.4 Å². The van der Waals surface area contributed by atoms with E-state index in [4.69, 9.17) is 11.6 Å². The Balaban J connectivity index is 1.83. The maximum absolute atomic E-state index is 12.0. The minimum Gasteiger partial charge on any atom is -0.391 e. The third-order valence-electron chi connectivity index (χ3n) is 2.87. The molecule has 1 atom stereocenters. The van der Waals surface area contributed by atoms with Gasteiger partial charge in [-0.15, -0.1) is 11.3 Å². The topological polar surface area (TPSA) is 66.4 Å². The first kappa shape index (κ1) is 16.5. The van der Waals surface area contributed by atoms with Crippen molar-refractivity contribution in [2.45, 2.75) is 16.9 Å². The van der Waals surface area contributed by atoms with Gasteiger partial charge in [0.05, 0.1) is 11.9 Å². The van der Waals surface area contributed by atoms with E-state index >= 15 is 0 Å². The van der Waals surface area contributed by atoms with Gasteiger partial charge < -0.3 is 10.4 Å². The maximum atomic E-state index is 12.0. The molecule has 4 nitrogen and oxygen atoms in total. The minimum atomic E-state index is -3.42. The van der Waals surface area contributed by atoms with E-state index in [1.165, 1.54) is 0 Å². The number of hydrogen-bond donors (Lipinski definition) is 2. The van der Waals surface area contributed by atoms with E-state index in [1.807, 2.05) is 18.2 Å². The molecular formula is C14H16ClNO3S2. The second kappa shape index (κ2) is 7.38. The number of nitrogens with one attached hydrogen (secondary N) is 1. The number of thiophene rings is 1. The van der Waals surface area contributed by atoms with E-state index in [0.717, 1.165) is 16.9 Å². The van der Waals surface area contributed by atoms with E-state index in [2.05, 4.69) is 5.32 Å². The Bertz CT molecular complexity index is 671. The number of aliphatic hydroxyl groups is 1. The highest BCUT2D eigenvalue weighted by atomic mass is 35.5. The first-order valence-corrected chi connectivity index (χ1v) is 9.28. The molecule has 7 heteroatoms. The average Bonchev–Trinajstić information content (AvgIpc) is 2.95. The summed E-state index contributed by atoms with van der Waals surface area (Å²) in [5.41, 5.74) is 0.910. The van der Waals surface area contributed by atoms with Gasteiger partial charge in [0.15, 0.2) is 9.84 Å². The zero-order valence-corrected chi connectivity index (χ0v) is 13.6. The average molecular weight is 346 g/mol. The van der Waals surface area contributed by atoms with Gasteiger partial charge in [0.1, 0.15) is 4.21 Å². The van der Waals surface area contributed by atoms with E-state index in [0.29, 0.717) is 11.6 Å². The molecule has 0 aliphatic rings. The third kappa shape index (κ3) is 4.79. The van der Waals surface area contributed by atoms with E-state index in [9.17, 15) is 13.5 Å². The zero-order chi connectivity index (χ0) is 15.3. The Morgan fingerprint density at radius 1 is 1.24 bits per heavy atom. The molecule has 0 amide bonds. The molecule has 0 fully saturated rings. The second-order valence-corrected chi connectivity index (χ2v) is 8.21. The van der Waals surface area contributed by atoms with E-state index in [1.54, 1.807) is 23.6 Å². The van der Waals surface area contributed by atoms with Crippen LogP contribution < -0.4 is 5.32 Å². The molecule has 1 aromatic carbocycles. The molecule has 0 radical (unpaired) electrons. The molecule has 1 unspecified atom stereocenters. The predicted octanol–water partition coefficient (Wildman–Crippen LogP) is 2.33. The molecule has 2 N–H and O–H groups in total. The van der Waals surface area contributed by atoms with Crippen molar-refractivity contribution in [1.29, 1.82) is 0 Å². The Labute approximate surface area is 133 Å². The van der Waals surface area contributed by atoms with Gasteiger partial charge in [0.25, 0.3) is 0 Å². The van der Waals surface area contributed by atoms with Gasteiger partial charge in [-0.1, -0.05) is 35.9 Å². The Morgan fingerprint density at radius 3 is 2.67 bits per heavy atom. The lowest BCUT2D eigenvalue weighted by molar-refractivity contribution is 0.193. The summed E-state index contributed by atoms with van der Waals surface area (Å²) < 4.78 is 24.3.